The van der Waals surface area contributed by atoms with Crippen LogP contribution < -0.4 is 10.0 Å². The molecule has 1 aliphatic carbocycles. The standard InChI is InChI=1S/C25H31N3O6S2/c1-24(2,3)12-13-25(4)17-9-7-6-8-16(17)21(29)20(22(25)30)23-26-18-11-10-15(27-35(5,31)32)14-19(18)36(33,34)28-23/h6-11,14,27,29,33-34H,12-13H2,1-5H3,(H,26,28)/t25-/m1/s1. The number of Topliss-reactive ketones (excluding diaryl/α,β-unsaturated/α-hetero) is 1. The van der Waals surface area contributed by atoms with Gasteiger partial charge in [-0.2, -0.15) is 0 Å². The number of nitrogens with one attached hydrogen (secondary N) is 2. The molecule has 0 radical (unpaired) electrons. The minimum Gasteiger partial charge on any atom is -0.506 e. The molecule has 0 bridgehead atoms. The number of anilines is 2. The van der Waals surface area contributed by atoms with Gasteiger partial charge in [0.2, 0.25) is 10.0 Å². The van der Waals surface area contributed by atoms with Gasteiger partial charge in [0, 0.05) is 5.56 Å². The van der Waals surface area contributed by atoms with Crippen LogP contribution in [0, 0.1) is 5.41 Å². The molecule has 9 nitrogen and oxygen atoms in total. The van der Waals surface area contributed by atoms with Crippen molar-refractivity contribution in [2.45, 2.75) is 50.8 Å². The summed E-state index contributed by atoms with van der Waals surface area (Å²) in [5.74, 6) is -0.808. The molecule has 2 aromatic carbocycles. The fraction of sp³-hybridized carbons (Fsp3) is 0.360. The van der Waals surface area contributed by atoms with Gasteiger partial charge in [-0.25, -0.2) is 8.42 Å². The van der Waals surface area contributed by atoms with Crippen LogP contribution in [0.3, 0.4) is 0 Å². The molecule has 1 heterocycles. The van der Waals surface area contributed by atoms with Crippen LogP contribution in [0.25, 0.3) is 5.76 Å². The van der Waals surface area contributed by atoms with Gasteiger partial charge < -0.3 is 10.4 Å². The highest BCUT2D eigenvalue weighted by atomic mass is 32.3. The van der Waals surface area contributed by atoms with Crippen LogP contribution in [-0.2, 0) is 20.2 Å². The van der Waals surface area contributed by atoms with E-state index in [0.29, 0.717) is 17.5 Å². The van der Waals surface area contributed by atoms with Crippen LogP contribution in [0.1, 0.15) is 51.7 Å². The molecule has 0 unspecified atom stereocenters. The van der Waals surface area contributed by atoms with Gasteiger partial charge in [-0.15, -0.1) is 4.40 Å². The Morgan fingerprint density at radius 2 is 1.81 bits per heavy atom. The second kappa shape index (κ2) is 8.62. The smallest absolute Gasteiger partial charge is 0.229 e. The molecule has 0 saturated heterocycles. The van der Waals surface area contributed by atoms with Gasteiger partial charge in [-0.05, 0) is 48.9 Å². The average Bonchev–Trinajstić information content (AvgIpc) is 2.75. The maximum absolute atomic E-state index is 14.0. The van der Waals surface area contributed by atoms with Crippen molar-refractivity contribution in [2.75, 3.05) is 16.3 Å². The molecule has 1 aliphatic heterocycles. The molecule has 0 spiro atoms. The molecule has 11 heteroatoms. The molecule has 194 valence electrons. The molecule has 0 aromatic heterocycles. The lowest BCUT2D eigenvalue weighted by molar-refractivity contribution is -0.120. The zero-order chi connectivity index (χ0) is 26.7. The van der Waals surface area contributed by atoms with Crippen LogP contribution in [0.5, 0.6) is 0 Å². The van der Waals surface area contributed by atoms with Crippen molar-refractivity contribution >= 4 is 49.6 Å². The first-order valence-corrected chi connectivity index (χ1v) is 14.8. The molecule has 5 N–H and O–H groups in total. The van der Waals surface area contributed by atoms with Gasteiger partial charge in [0.1, 0.15) is 16.2 Å². The quantitative estimate of drug-likeness (QED) is 0.339. The molecule has 1 atom stereocenters. The first-order chi connectivity index (χ1) is 16.5. The van der Waals surface area contributed by atoms with Crippen molar-refractivity contribution in [3.05, 3.63) is 59.2 Å². The zero-order valence-electron chi connectivity index (χ0n) is 20.8. The summed E-state index contributed by atoms with van der Waals surface area (Å²) >= 11 is 0. The number of aliphatic hydroxyl groups is 1. The van der Waals surface area contributed by atoms with Crippen LogP contribution in [0.2, 0.25) is 0 Å². The summed E-state index contributed by atoms with van der Waals surface area (Å²) in [4.78, 5) is 14.0. The SMILES string of the molecule is CC(C)(C)CC[C@@]1(C)C(=O)C(C2=NS(O)(O)c3cc(NS(C)(=O)=O)ccc3N2)=C(O)c2ccccc21. The van der Waals surface area contributed by atoms with E-state index in [-0.39, 0.29) is 44.6 Å². The summed E-state index contributed by atoms with van der Waals surface area (Å²) in [5.41, 5.74) is 0.451. The molecular weight excluding hydrogens is 502 g/mol. The summed E-state index contributed by atoms with van der Waals surface area (Å²) in [7, 11) is -7.41. The highest BCUT2D eigenvalue weighted by Gasteiger charge is 2.47. The van der Waals surface area contributed by atoms with Crippen molar-refractivity contribution in [1.29, 1.82) is 0 Å². The van der Waals surface area contributed by atoms with Crippen molar-refractivity contribution in [3.63, 3.8) is 0 Å². The maximum Gasteiger partial charge on any atom is 0.229 e. The van der Waals surface area contributed by atoms with Crippen molar-refractivity contribution in [2.24, 2.45) is 9.81 Å². The number of benzene rings is 2. The van der Waals surface area contributed by atoms with Crippen LogP contribution >= 0.6 is 10.8 Å². The second-order valence-electron chi connectivity index (χ2n) is 10.7. The molecule has 0 saturated carbocycles. The number of ketones is 1. The maximum atomic E-state index is 14.0. The summed E-state index contributed by atoms with van der Waals surface area (Å²) in [6.45, 7) is 8.12. The van der Waals surface area contributed by atoms with Gasteiger partial charge in [-0.1, -0.05) is 55.8 Å². The summed E-state index contributed by atoms with van der Waals surface area (Å²) in [5, 5.41) is 14.2. The van der Waals surface area contributed by atoms with Gasteiger partial charge in [0.25, 0.3) is 0 Å². The van der Waals surface area contributed by atoms with E-state index in [1.165, 1.54) is 18.2 Å². The number of nitrogens with zero attached hydrogens (tertiary/aromatic N) is 1. The molecule has 2 aromatic rings. The highest BCUT2D eigenvalue weighted by molar-refractivity contribution is 8.23. The Morgan fingerprint density at radius 1 is 1.14 bits per heavy atom. The van der Waals surface area contributed by atoms with E-state index in [1.807, 2.05) is 19.1 Å². The molecule has 0 fully saturated rings. The van der Waals surface area contributed by atoms with Gasteiger partial charge in [0.15, 0.2) is 11.6 Å². The van der Waals surface area contributed by atoms with E-state index in [2.05, 4.69) is 35.2 Å². The molecule has 2 aliphatic rings. The number of sulfonamides is 1. The zero-order valence-corrected chi connectivity index (χ0v) is 22.4. The topological polar surface area (TPSA) is 148 Å². The van der Waals surface area contributed by atoms with E-state index in [9.17, 15) is 27.4 Å². The second-order valence-corrected chi connectivity index (χ2v) is 14.1. The van der Waals surface area contributed by atoms with Crippen molar-refractivity contribution in [1.82, 2.24) is 0 Å². The predicted molar refractivity (Wildman–Crippen MR) is 144 cm³/mol. The molecule has 0 amide bonds. The lowest BCUT2D eigenvalue weighted by Crippen LogP contribution is -2.42. The largest absolute Gasteiger partial charge is 0.506 e. The summed E-state index contributed by atoms with van der Waals surface area (Å²) in [6.07, 6.45) is 2.24. The Morgan fingerprint density at radius 3 is 2.44 bits per heavy atom. The van der Waals surface area contributed by atoms with Crippen molar-refractivity contribution in [3.8, 4) is 0 Å². The number of hydrogen-bond donors (Lipinski definition) is 5. The van der Waals surface area contributed by atoms with Gasteiger partial charge >= 0.3 is 0 Å². The lowest BCUT2D eigenvalue weighted by atomic mass is 9.65. The Kier molecular flexibility index (Phi) is 6.27. The van der Waals surface area contributed by atoms with E-state index in [1.54, 1.807) is 12.1 Å². The Bertz CT molecular complexity index is 1420. The molecule has 36 heavy (non-hydrogen) atoms. The Hall–Kier alpha value is -2.86. The van der Waals surface area contributed by atoms with Crippen LogP contribution in [-0.4, -0.2) is 40.5 Å². The first kappa shape index (κ1) is 26.2. The minimum atomic E-state index is -3.82. The van der Waals surface area contributed by atoms with E-state index in [0.717, 1.165) is 12.7 Å². The van der Waals surface area contributed by atoms with Crippen molar-refractivity contribution < 1.29 is 27.4 Å². The van der Waals surface area contributed by atoms with E-state index in [4.69, 9.17) is 0 Å². The van der Waals surface area contributed by atoms with E-state index < -0.39 is 26.2 Å². The molecular formula is C25H31N3O6S2. The normalized spacial score (nSPS) is 22.2. The fourth-order valence-corrected chi connectivity index (χ4v) is 6.21. The number of aliphatic hydroxyl groups excluding tert-OH is 1. The Balaban J connectivity index is 1.82. The van der Waals surface area contributed by atoms with Crippen LogP contribution in [0.15, 0.2) is 57.3 Å². The van der Waals surface area contributed by atoms with Gasteiger partial charge in [0.05, 0.1) is 23.0 Å². The number of rotatable bonds is 5. The third-order valence-corrected chi connectivity index (χ3v) is 8.38. The number of amidine groups is 1. The number of carbonyl (C=O) groups excluding carboxylic acids is 1. The lowest BCUT2D eigenvalue weighted by Gasteiger charge is -2.39. The number of hydrogen-bond acceptors (Lipinski definition) is 8. The third kappa shape index (κ3) is 4.88. The van der Waals surface area contributed by atoms with E-state index >= 15 is 0 Å². The fourth-order valence-electron chi connectivity index (χ4n) is 4.47. The average molecular weight is 534 g/mol. The summed E-state index contributed by atoms with van der Waals surface area (Å²) < 4.78 is 51.3. The minimum absolute atomic E-state index is 0.0286. The number of fused-ring (bicyclic) bond motifs is 2. The highest BCUT2D eigenvalue weighted by Crippen LogP contribution is 2.57. The monoisotopic (exact) mass is 533 g/mol. The first-order valence-electron chi connectivity index (χ1n) is 11.4. The van der Waals surface area contributed by atoms with Gasteiger partial charge in [-0.3, -0.25) is 18.6 Å². The molecule has 4 rings (SSSR count). The third-order valence-electron chi connectivity index (χ3n) is 6.41. The van der Waals surface area contributed by atoms with Crippen LogP contribution in [0.4, 0.5) is 11.4 Å². The summed E-state index contributed by atoms with van der Waals surface area (Å²) in [6, 6.07) is 11.3. The predicted octanol–water partition coefficient (Wildman–Crippen LogP) is 5.54. The number of carbonyl (C=O) groups is 1. The Labute approximate surface area is 212 Å².